The molecule has 2 heterocycles. The van der Waals surface area contributed by atoms with Crippen LogP contribution in [-0.4, -0.2) is 22.6 Å². The fourth-order valence-electron chi connectivity index (χ4n) is 2.40. The number of anilines is 1. The second-order valence-electron chi connectivity index (χ2n) is 5.45. The first kappa shape index (κ1) is 16.1. The Hall–Kier alpha value is -2.73. The summed E-state index contributed by atoms with van der Waals surface area (Å²) in [6, 6.07) is 9.06. The third-order valence-corrected chi connectivity index (χ3v) is 4.39. The summed E-state index contributed by atoms with van der Waals surface area (Å²) in [5, 5.41) is 6.68. The minimum Gasteiger partial charge on any atom is -0.323 e. The van der Waals surface area contributed by atoms with Crippen molar-refractivity contribution in [1.29, 1.82) is 0 Å². The Morgan fingerprint density at radius 1 is 1.12 bits per heavy atom. The van der Waals surface area contributed by atoms with Crippen LogP contribution in [0.25, 0.3) is 6.08 Å². The molecule has 5 nitrogen and oxygen atoms in total. The van der Waals surface area contributed by atoms with Crippen molar-refractivity contribution in [3.8, 4) is 0 Å². The summed E-state index contributed by atoms with van der Waals surface area (Å²) in [6.45, 7) is 0.282. The van der Waals surface area contributed by atoms with Gasteiger partial charge in [0.25, 0.3) is 0 Å². The third kappa shape index (κ3) is 3.97. The quantitative estimate of drug-likeness (QED) is 0.672. The number of carbonyl (C=O) groups is 3. The van der Waals surface area contributed by atoms with E-state index < -0.39 is 0 Å². The number of hydrogen-bond acceptors (Lipinski definition) is 4. The normalized spacial score (nSPS) is 14.6. The first-order valence-electron chi connectivity index (χ1n) is 7.55. The van der Waals surface area contributed by atoms with Gasteiger partial charge in [0, 0.05) is 24.6 Å². The Morgan fingerprint density at radius 3 is 2.46 bits per heavy atom. The molecule has 122 valence electrons. The summed E-state index contributed by atoms with van der Waals surface area (Å²) in [5.74, 6) is -0.467. The fraction of sp³-hybridized carbons (Fsp3) is 0.167. The molecule has 1 fully saturated rings. The lowest BCUT2D eigenvalue weighted by Gasteiger charge is -2.14. The maximum atomic E-state index is 11.9. The van der Waals surface area contributed by atoms with Crippen LogP contribution in [0.1, 0.15) is 24.0 Å². The predicted molar refractivity (Wildman–Crippen MR) is 93.2 cm³/mol. The zero-order valence-corrected chi connectivity index (χ0v) is 13.7. The lowest BCUT2D eigenvalue weighted by atomic mass is 10.2. The van der Waals surface area contributed by atoms with E-state index in [1.54, 1.807) is 41.7 Å². The molecule has 1 saturated heterocycles. The van der Waals surface area contributed by atoms with Crippen molar-refractivity contribution in [3.05, 3.63) is 58.3 Å². The fourth-order valence-corrected chi connectivity index (χ4v) is 3.03. The number of thiophene rings is 1. The van der Waals surface area contributed by atoms with Crippen LogP contribution in [-0.2, 0) is 20.9 Å². The number of carbonyl (C=O) groups excluding carboxylic acids is 3. The van der Waals surface area contributed by atoms with Gasteiger partial charge < -0.3 is 5.32 Å². The molecule has 1 N–H and O–H groups in total. The van der Waals surface area contributed by atoms with Gasteiger partial charge >= 0.3 is 0 Å². The van der Waals surface area contributed by atoms with E-state index >= 15 is 0 Å². The maximum Gasteiger partial charge on any atom is 0.248 e. The lowest BCUT2D eigenvalue weighted by Crippen LogP contribution is -2.28. The molecule has 1 aromatic carbocycles. The number of hydrogen-bond donors (Lipinski definition) is 1. The maximum absolute atomic E-state index is 11.9. The molecule has 6 heteroatoms. The molecule has 1 aromatic heterocycles. The van der Waals surface area contributed by atoms with Crippen molar-refractivity contribution in [1.82, 2.24) is 4.90 Å². The van der Waals surface area contributed by atoms with E-state index in [0.29, 0.717) is 18.5 Å². The van der Waals surface area contributed by atoms with E-state index in [-0.39, 0.29) is 24.3 Å². The molecule has 0 saturated carbocycles. The number of nitrogens with one attached hydrogen (secondary N) is 1. The third-order valence-electron chi connectivity index (χ3n) is 3.69. The topological polar surface area (TPSA) is 66.5 Å². The summed E-state index contributed by atoms with van der Waals surface area (Å²) in [7, 11) is 0. The molecule has 1 aliphatic rings. The summed E-state index contributed by atoms with van der Waals surface area (Å²) >= 11 is 1.58. The van der Waals surface area contributed by atoms with E-state index in [4.69, 9.17) is 0 Å². The summed E-state index contributed by atoms with van der Waals surface area (Å²) < 4.78 is 0. The van der Waals surface area contributed by atoms with Crippen LogP contribution in [0.15, 0.2) is 47.2 Å². The molecule has 0 aliphatic carbocycles. The number of rotatable bonds is 5. The number of likely N-dealkylation sites (tertiary alicyclic amines) is 1. The van der Waals surface area contributed by atoms with Crippen molar-refractivity contribution in [2.45, 2.75) is 19.4 Å². The highest BCUT2D eigenvalue weighted by Crippen LogP contribution is 2.17. The van der Waals surface area contributed by atoms with Crippen LogP contribution < -0.4 is 5.32 Å². The van der Waals surface area contributed by atoms with Crippen LogP contribution in [0.4, 0.5) is 5.69 Å². The summed E-state index contributed by atoms with van der Waals surface area (Å²) in [4.78, 5) is 36.4. The molecule has 24 heavy (non-hydrogen) atoms. The zero-order valence-electron chi connectivity index (χ0n) is 12.9. The van der Waals surface area contributed by atoms with Crippen LogP contribution in [0.2, 0.25) is 0 Å². The highest BCUT2D eigenvalue weighted by atomic mass is 32.1. The van der Waals surface area contributed by atoms with Crippen molar-refractivity contribution < 1.29 is 14.4 Å². The molecule has 0 radical (unpaired) electrons. The van der Waals surface area contributed by atoms with Gasteiger partial charge in [-0.2, -0.15) is 11.3 Å². The SMILES string of the molecule is O=C(/C=C/c1ccsc1)Nc1ccc(CN2C(=O)CCC2=O)cc1. The molecule has 0 unspecified atom stereocenters. The minimum absolute atomic E-state index is 0.129. The zero-order chi connectivity index (χ0) is 16.9. The highest BCUT2D eigenvalue weighted by Gasteiger charge is 2.28. The van der Waals surface area contributed by atoms with Gasteiger partial charge in [0.2, 0.25) is 17.7 Å². The first-order chi connectivity index (χ1) is 11.6. The number of amides is 3. The number of benzene rings is 1. The van der Waals surface area contributed by atoms with E-state index in [9.17, 15) is 14.4 Å². The Labute approximate surface area is 143 Å². The Kier molecular flexibility index (Phi) is 4.86. The van der Waals surface area contributed by atoms with Gasteiger partial charge in [0.1, 0.15) is 0 Å². The molecule has 0 bridgehead atoms. The smallest absolute Gasteiger partial charge is 0.248 e. The van der Waals surface area contributed by atoms with E-state index in [1.165, 1.54) is 11.0 Å². The summed E-state index contributed by atoms with van der Waals surface area (Å²) in [6.07, 6.45) is 3.83. The molecule has 3 amide bonds. The van der Waals surface area contributed by atoms with E-state index in [0.717, 1.165) is 11.1 Å². The van der Waals surface area contributed by atoms with Crippen molar-refractivity contribution in [2.24, 2.45) is 0 Å². The largest absolute Gasteiger partial charge is 0.323 e. The number of imide groups is 1. The molecule has 3 rings (SSSR count). The van der Waals surface area contributed by atoms with Gasteiger partial charge in [-0.25, -0.2) is 0 Å². The molecule has 0 spiro atoms. The van der Waals surface area contributed by atoms with Gasteiger partial charge in [-0.1, -0.05) is 12.1 Å². The first-order valence-corrected chi connectivity index (χ1v) is 8.49. The monoisotopic (exact) mass is 340 g/mol. The van der Waals surface area contributed by atoms with Crippen LogP contribution in [0.3, 0.4) is 0 Å². The predicted octanol–water partition coefficient (Wildman–Crippen LogP) is 3.05. The Balaban J connectivity index is 1.57. The summed E-state index contributed by atoms with van der Waals surface area (Å²) in [5.41, 5.74) is 2.51. The Bertz CT molecular complexity index is 763. The van der Waals surface area contributed by atoms with Crippen LogP contribution in [0.5, 0.6) is 0 Å². The molecule has 1 aliphatic heterocycles. The van der Waals surface area contributed by atoms with Gasteiger partial charge in [-0.3, -0.25) is 19.3 Å². The lowest BCUT2D eigenvalue weighted by molar-refractivity contribution is -0.139. The molecule has 2 aromatic rings. The van der Waals surface area contributed by atoms with Crippen molar-refractivity contribution in [2.75, 3.05) is 5.32 Å². The van der Waals surface area contributed by atoms with Gasteiger partial charge in [0.05, 0.1) is 6.54 Å². The average Bonchev–Trinajstić information content (AvgIpc) is 3.20. The highest BCUT2D eigenvalue weighted by molar-refractivity contribution is 7.08. The van der Waals surface area contributed by atoms with Crippen LogP contribution >= 0.6 is 11.3 Å². The number of nitrogens with zero attached hydrogens (tertiary/aromatic N) is 1. The van der Waals surface area contributed by atoms with Gasteiger partial charge in [-0.05, 0) is 46.2 Å². The molecular weight excluding hydrogens is 324 g/mol. The minimum atomic E-state index is -0.209. The van der Waals surface area contributed by atoms with Crippen molar-refractivity contribution >= 4 is 40.8 Å². The van der Waals surface area contributed by atoms with Crippen LogP contribution in [0, 0.1) is 0 Å². The van der Waals surface area contributed by atoms with Crippen molar-refractivity contribution in [3.63, 3.8) is 0 Å². The standard InChI is InChI=1S/C18H16N2O3S/c21-16(6-3-14-9-10-24-12-14)19-15-4-1-13(2-5-15)11-20-17(22)7-8-18(20)23/h1-6,9-10,12H,7-8,11H2,(H,19,21)/b6-3+. The molecule has 0 atom stereocenters. The van der Waals surface area contributed by atoms with E-state index in [1.807, 2.05) is 16.8 Å². The molecular formula is C18H16N2O3S. The van der Waals surface area contributed by atoms with E-state index in [2.05, 4.69) is 5.32 Å². The average molecular weight is 340 g/mol. The van der Waals surface area contributed by atoms with Gasteiger partial charge in [-0.15, -0.1) is 0 Å². The second kappa shape index (κ2) is 7.23. The van der Waals surface area contributed by atoms with Gasteiger partial charge in [0.15, 0.2) is 0 Å². The second-order valence-corrected chi connectivity index (χ2v) is 6.23. The Morgan fingerprint density at radius 2 is 1.83 bits per heavy atom.